The van der Waals surface area contributed by atoms with Gasteiger partial charge in [0.1, 0.15) is 23.2 Å². The molecule has 4 atom stereocenters. The molecule has 12 heteroatoms. The molecule has 0 unspecified atom stereocenters. The number of amides is 1. The number of hydrogen-bond acceptors (Lipinski definition) is 11. The second kappa shape index (κ2) is 11.3. The van der Waals surface area contributed by atoms with Crippen LogP contribution in [0.3, 0.4) is 0 Å². The summed E-state index contributed by atoms with van der Waals surface area (Å²) in [6.45, 7) is 5.17. The summed E-state index contributed by atoms with van der Waals surface area (Å²) < 4.78 is 27.9. The molecule has 0 spiro atoms. The summed E-state index contributed by atoms with van der Waals surface area (Å²) in [5.74, 6) is -0.620. The summed E-state index contributed by atoms with van der Waals surface area (Å²) in [5, 5.41) is 22.0. The van der Waals surface area contributed by atoms with Gasteiger partial charge >= 0.3 is 11.7 Å². The third kappa shape index (κ3) is 5.52. The van der Waals surface area contributed by atoms with Crippen molar-refractivity contribution < 1.29 is 43.2 Å². The highest BCUT2D eigenvalue weighted by molar-refractivity contribution is 5.99. The second-order valence-corrected chi connectivity index (χ2v) is 10.0. The number of aliphatic hydroxyl groups excluding tert-OH is 1. The molecule has 1 aromatic heterocycles. The molecule has 0 bridgehead atoms. The lowest BCUT2D eigenvalue weighted by molar-refractivity contribution is -0.304. The number of hydrogen-bond donors (Lipinski definition) is 4. The van der Waals surface area contributed by atoms with E-state index in [1.165, 1.54) is 19.2 Å². The van der Waals surface area contributed by atoms with Gasteiger partial charge in [0.25, 0.3) is 0 Å². The molecular formula is C28H32N2O10. The number of methoxy groups -OCH3 is 1. The van der Waals surface area contributed by atoms with E-state index < -0.39 is 47.7 Å². The Morgan fingerprint density at radius 3 is 2.55 bits per heavy atom. The normalized spacial score (nSPS) is 22.1. The molecule has 3 aromatic rings. The summed E-state index contributed by atoms with van der Waals surface area (Å²) in [6.07, 6.45) is -6.38. The molecule has 214 valence electrons. The van der Waals surface area contributed by atoms with Crippen molar-refractivity contribution in [1.29, 1.82) is 0 Å². The molecule has 6 N–H and O–H groups in total. The molecule has 1 fully saturated rings. The van der Waals surface area contributed by atoms with Gasteiger partial charge in [-0.05, 0) is 44.5 Å². The minimum Gasteiger partial charge on any atom is -0.507 e. The quantitative estimate of drug-likeness (QED) is 0.234. The highest BCUT2D eigenvalue weighted by atomic mass is 16.7. The minimum atomic E-state index is -1.49. The molecule has 1 saturated heterocycles. The van der Waals surface area contributed by atoms with Crippen molar-refractivity contribution in [2.75, 3.05) is 7.11 Å². The molecule has 40 heavy (non-hydrogen) atoms. The number of aliphatic hydroxyl groups is 1. The number of ether oxygens (including phenoxy) is 4. The largest absolute Gasteiger partial charge is 0.507 e. The van der Waals surface area contributed by atoms with Gasteiger partial charge in [-0.15, -0.1) is 0 Å². The third-order valence-electron chi connectivity index (χ3n) is 6.93. The number of benzene rings is 2. The maximum absolute atomic E-state index is 12.9. The van der Waals surface area contributed by atoms with Crippen molar-refractivity contribution >= 4 is 22.8 Å². The van der Waals surface area contributed by atoms with E-state index in [1.54, 1.807) is 45.0 Å². The molecule has 0 aliphatic carbocycles. The van der Waals surface area contributed by atoms with Crippen LogP contribution in [-0.2, 0) is 27.2 Å². The van der Waals surface area contributed by atoms with E-state index in [-0.39, 0.29) is 41.0 Å². The number of primary amides is 1. The van der Waals surface area contributed by atoms with Crippen LogP contribution in [0.4, 0.5) is 4.79 Å². The zero-order chi connectivity index (χ0) is 29.4. The summed E-state index contributed by atoms with van der Waals surface area (Å²) >= 11 is 0. The minimum absolute atomic E-state index is 0.0191. The highest BCUT2D eigenvalue weighted by Gasteiger charge is 2.53. The molecule has 0 radical (unpaired) electrons. The van der Waals surface area contributed by atoms with E-state index in [1.807, 2.05) is 0 Å². The van der Waals surface area contributed by atoms with Crippen molar-refractivity contribution in [2.24, 2.45) is 11.5 Å². The Morgan fingerprint density at radius 1 is 1.18 bits per heavy atom. The molecule has 12 nitrogen and oxygen atoms in total. The van der Waals surface area contributed by atoms with Crippen molar-refractivity contribution in [1.82, 2.24) is 0 Å². The van der Waals surface area contributed by atoms with E-state index in [9.17, 15) is 24.6 Å². The van der Waals surface area contributed by atoms with Crippen LogP contribution in [0.25, 0.3) is 11.0 Å². The van der Waals surface area contributed by atoms with Gasteiger partial charge < -0.3 is 45.0 Å². The number of aryl methyl sites for hydroxylation is 1. The van der Waals surface area contributed by atoms with Crippen molar-refractivity contribution in [3.8, 4) is 11.5 Å². The smallest absolute Gasteiger partial charge is 0.404 e. The summed E-state index contributed by atoms with van der Waals surface area (Å²) in [5.41, 5.74) is 10.1. The average molecular weight is 557 g/mol. The van der Waals surface area contributed by atoms with E-state index in [4.69, 9.17) is 34.8 Å². The van der Waals surface area contributed by atoms with E-state index in [0.717, 1.165) is 5.56 Å². The van der Waals surface area contributed by atoms with Crippen LogP contribution < -0.4 is 21.8 Å². The molecule has 1 aliphatic rings. The van der Waals surface area contributed by atoms with Gasteiger partial charge in [-0.3, -0.25) is 4.79 Å². The number of ketones is 1. The Labute approximate surface area is 229 Å². The van der Waals surface area contributed by atoms with Gasteiger partial charge in [0.15, 0.2) is 18.0 Å². The summed E-state index contributed by atoms with van der Waals surface area (Å²) in [4.78, 5) is 37.2. The molecule has 0 saturated carbocycles. The second-order valence-electron chi connectivity index (χ2n) is 10.0. The number of rotatable bonds is 8. The van der Waals surface area contributed by atoms with E-state index in [2.05, 4.69) is 0 Å². The van der Waals surface area contributed by atoms with Crippen LogP contribution in [0.5, 0.6) is 11.5 Å². The van der Waals surface area contributed by atoms with Gasteiger partial charge in [-0.1, -0.05) is 18.2 Å². The van der Waals surface area contributed by atoms with Crippen molar-refractivity contribution in [3.05, 3.63) is 69.1 Å². The fraction of sp³-hybridized carbons (Fsp3) is 0.393. The number of carbonyl (C=O) groups is 2. The van der Waals surface area contributed by atoms with Gasteiger partial charge in [-0.2, -0.15) is 0 Å². The van der Waals surface area contributed by atoms with Crippen LogP contribution in [0.15, 0.2) is 45.6 Å². The first-order valence-corrected chi connectivity index (χ1v) is 12.5. The van der Waals surface area contributed by atoms with Gasteiger partial charge in [0, 0.05) is 31.2 Å². The Balaban J connectivity index is 1.65. The first-order valence-electron chi connectivity index (χ1n) is 12.5. The molecule has 1 amide bonds. The first-order chi connectivity index (χ1) is 18.9. The Kier molecular flexibility index (Phi) is 8.17. The SMILES string of the molecule is CO[C@@H]1[C@@H](OC(N)=O)[C@@H](O)[C@H](Oc2ccc3c(O)c(CC(=O)c4cccc(CN)c4)c(=O)oc3c2C)OC1(C)C. The lowest BCUT2D eigenvalue weighted by Gasteiger charge is -2.47. The number of fused-ring (bicyclic) bond motifs is 1. The van der Waals surface area contributed by atoms with E-state index in [0.29, 0.717) is 11.1 Å². The highest BCUT2D eigenvalue weighted by Crippen LogP contribution is 2.37. The average Bonchev–Trinajstić information content (AvgIpc) is 2.90. The molecule has 1 aliphatic heterocycles. The number of nitrogens with two attached hydrogens (primary N) is 2. The zero-order valence-corrected chi connectivity index (χ0v) is 22.5. The summed E-state index contributed by atoms with van der Waals surface area (Å²) in [6, 6.07) is 9.64. The Bertz CT molecular complexity index is 1500. The number of carbonyl (C=O) groups excluding carboxylic acids is 2. The molecule has 2 heterocycles. The van der Waals surface area contributed by atoms with Gasteiger partial charge in [0.05, 0.1) is 16.6 Å². The van der Waals surface area contributed by atoms with Crippen LogP contribution >= 0.6 is 0 Å². The fourth-order valence-electron chi connectivity index (χ4n) is 4.89. The lowest BCUT2D eigenvalue weighted by atomic mass is 9.89. The number of aromatic hydroxyl groups is 1. The monoisotopic (exact) mass is 556 g/mol. The fourth-order valence-corrected chi connectivity index (χ4v) is 4.89. The van der Waals surface area contributed by atoms with Gasteiger partial charge in [-0.25, -0.2) is 9.59 Å². The van der Waals surface area contributed by atoms with Crippen LogP contribution in [0, 0.1) is 6.92 Å². The third-order valence-corrected chi connectivity index (χ3v) is 6.93. The molecular weight excluding hydrogens is 524 g/mol. The molecule has 2 aromatic carbocycles. The maximum Gasteiger partial charge on any atom is 0.404 e. The predicted molar refractivity (Wildman–Crippen MR) is 142 cm³/mol. The van der Waals surface area contributed by atoms with Crippen molar-refractivity contribution in [3.63, 3.8) is 0 Å². The lowest BCUT2D eigenvalue weighted by Crippen LogP contribution is -2.65. The van der Waals surface area contributed by atoms with Crippen LogP contribution in [0.1, 0.15) is 40.9 Å². The topological polar surface area (TPSA) is 194 Å². The standard InChI is InChI=1S/C28H32N2O10/c1-13-19(37-26-21(33)23(39-27(30)35)24(36-4)28(2,3)40-26)9-8-16-20(32)17(25(34)38-22(13)16)11-18(31)15-7-5-6-14(10-15)12-29/h5-10,21,23-24,26,32-33H,11-12,29H2,1-4H3,(H2,30,35)/t21-,23+,24-,26-/m1/s1. The van der Waals surface area contributed by atoms with Crippen molar-refractivity contribution in [2.45, 2.75) is 63.9 Å². The summed E-state index contributed by atoms with van der Waals surface area (Å²) in [7, 11) is 1.38. The maximum atomic E-state index is 12.9. The zero-order valence-electron chi connectivity index (χ0n) is 22.5. The first kappa shape index (κ1) is 29.0. The van der Waals surface area contributed by atoms with E-state index >= 15 is 0 Å². The van der Waals surface area contributed by atoms with Gasteiger partial charge in [0.2, 0.25) is 6.29 Å². The van der Waals surface area contributed by atoms with Crippen LogP contribution in [0.2, 0.25) is 0 Å². The Hall–Kier alpha value is -3.97. The number of Topliss-reactive ketones (excluding diaryl/α,β-unsaturated/α-hetero) is 1. The predicted octanol–water partition coefficient (Wildman–Crippen LogP) is 2.04. The molecule has 4 rings (SSSR count). The Morgan fingerprint density at radius 2 is 1.90 bits per heavy atom. The van der Waals surface area contributed by atoms with Crippen LogP contribution in [-0.4, -0.2) is 59.4 Å².